The maximum atomic E-state index is 15.2. The van der Waals surface area contributed by atoms with Crippen molar-refractivity contribution in [3.63, 3.8) is 0 Å². The van der Waals surface area contributed by atoms with Crippen molar-refractivity contribution in [3.05, 3.63) is 102 Å². The number of rotatable bonds is 8. The van der Waals surface area contributed by atoms with Crippen LogP contribution in [0.3, 0.4) is 0 Å². The van der Waals surface area contributed by atoms with Crippen molar-refractivity contribution < 1.29 is 26.7 Å². The van der Waals surface area contributed by atoms with Gasteiger partial charge in [-0.1, -0.05) is 30.3 Å². The number of methoxy groups -OCH3 is 1. The second-order valence-corrected chi connectivity index (χ2v) is 9.12. The van der Waals surface area contributed by atoms with Gasteiger partial charge >= 0.3 is 0 Å². The van der Waals surface area contributed by atoms with Crippen LogP contribution < -0.4 is 15.0 Å². The minimum atomic E-state index is -4.13. The second kappa shape index (κ2) is 10.0. The molecule has 0 fully saturated rings. The Balaban J connectivity index is 1.53. The number of ether oxygens (including phenoxy) is 1. The first-order valence-corrected chi connectivity index (χ1v) is 11.8. The van der Waals surface area contributed by atoms with E-state index >= 15 is 4.39 Å². The molecule has 0 atom stereocenters. The summed E-state index contributed by atoms with van der Waals surface area (Å²) in [5.41, 5.74) is 1.92. The van der Waals surface area contributed by atoms with E-state index in [9.17, 15) is 17.6 Å². The highest BCUT2D eigenvalue weighted by Crippen LogP contribution is 2.26. The average Bonchev–Trinajstić information content (AvgIpc) is 3.32. The molecule has 0 radical (unpaired) electrons. The van der Waals surface area contributed by atoms with Gasteiger partial charge in [-0.2, -0.15) is 0 Å². The van der Waals surface area contributed by atoms with Gasteiger partial charge in [0.15, 0.2) is 0 Å². The largest absolute Gasteiger partial charge is 0.497 e. The molecule has 4 rings (SSSR count). The molecule has 0 unspecified atom stereocenters. The van der Waals surface area contributed by atoms with Crippen molar-refractivity contribution in [2.75, 3.05) is 7.11 Å². The molecule has 35 heavy (non-hydrogen) atoms. The van der Waals surface area contributed by atoms with Gasteiger partial charge in [0.05, 0.1) is 24.0 Å². The van der Waals surface area contributed by atoms with Crippen molar-refractivity contribution in [2.24, 2.45) is 0 Å². The molecule has 4 aromatic rings. The summed E-state index contributed by atoms with van der Waals surface area (Å²) in [7, 11) is -2.56. The highest BCUT2D eigenvalue weighted by molar-refractivity contribution is 7.89. The van der Waals surface area contributed by atoms with Crippen molar-refractivity contribution in [3.8, 4) is 17.0 Å². The topological polar surface area (TPSA) is 102 Å². The van der Waals surface area contributed by atoms with Gasteiger partial charge in [0, 0.05) is 18.3 Å². The monoisotopic (exact) mass is 498 g/mol. The van der Waals surface area contributed by atoms with E-state index in [2.05, 4.69) is 4.98 Å². The first kappa shape index (κ1) is 24.0. The fraction of sp³-hybridized carbons (Fsp3) is 0.0833. The van der Waals surface area contributed by atoms with Crippen molar-refractivity contribution in [1.82, 2.24) is 19.8 Å². The fourth-order valence-electron chi connectivity index (χ4n) is 3.32. The molecule has 1 amide bonds. The lowest BCUT2D eigenvalue weighted by molar-refractivity contribution is 0.0936. The molecule has 0 aliphatic carbocycles. The van der Waals surface area contributed by atoms with Gasteiger partial charge in [-0.25, -0.2) is 22.2 Å². The lowest BCUT2D eigenvalue weighted by Gasteiger charge is -2.11. The molecule has 0 aliphatic rings. The van der Waals surface area contributed by atoms with Gasteiger partial charge in [0.1, 0.15) is 22.9 Å². The van der Waals surface area contributed by atoms with E-state index in [1.807, 2.05) is 34.5 Å². The molecule has 0 saturated heterocycles. The fourth-order valence-corrected chi connectivity index (χ4v) is 4.18. The van der Waals surface area contributed by atoms with Crippen LogP contribution in [-0.2, 0) is 16.6 Å². The van der Waals surface area contributed by atoms with Crippen LogP contribution in [0.2, 0.25) is 0 Å². The lowest BCUT2D eigenvalue weighted by Crippen LogP contribution is -2.42. The zero-order valence-corrected chi connectivity index (χ0v) is 19.2. The number of carbonyl (C=O) groups is 1. The van der Waals surface area contributed by atoms with Crippen LogP contribution in [0.15, 0.2) is 84.1 Å². The van der Waals surface area contributed by atoms with Crippen LogP contribution in [0.25, 0.3) is 11.3 Å². The van der Waals surface area contributed by atoms with Gasteiger partial charge in [0.25, 0.3) is 15.9 Å². The van der Waals surface area contributed by atoms with Crippen LogP contribution in [0.5, 0.6) is 5.75 Å². The third-order valence-corrected chi connectivity index (χ3v) is 6.37. The predicted octanol–water partition coefficient (Wildman–Crippen LogP) is 3.51. The number of imidazole rings is 1. The zero-order valence-electron chi connectivity index (χ0n) is 18.4. The zero-order chi connectivity index (χ0) is 25.0. The molecule has 11 heteroatoms. The van der Waals surface area contributed by atoms with E-state index in [0.717, 1.165) is 17.7 Å². The number of hydrazine groups is 1. The maximum Gasteiger partial charge on any atom is 0.272 e. The number of aromatic nitrogens is 2. The Morgan fingerprint density at radius 3 is 2.43 bits per heavy atom. The number of sulfonamides is 1. The van der Waals surface area contributed by atoms with Gasteiger partial charge < -0.3 is 9.30 Å². The van der Waals surface area contributed by atoms with E-state index in [0.29, 0.717) is 12.3 Å². The third-order valence-electron chi connectivity index (χ3n) is 5.10. The SMILES string of the molecule is COc1ccc(Cn2cnc(-c3ccc(F)c(C(=O)NNS(=O)(=O)c4ccccc4)c3F)c2)cc1. The first-order chi connectivity index (χ1) is 16.8. The van der Waals surface area contributed by atoms with Crippen LogP contribution in [-0.4, -0.2) is 31.0 Å². The van der Waals surface area contributed by atoms with Crippen LogP contribution in [0.4, 0.5) is 8.78 Å². The lowest BCUT2D eigenvalue weighted by atomic mass is 10.1. The highest BCUT2D eigenvalue weighted by atomic mass is 32.2. The van der Waals surface area contributed by atoms with Gasteiger partial charge in [-0.05, 0) is 42.0 Å². The molecule has 0 spiro atoms. The Morgan fingerprint density at radius 1 is 1.03 bits per heavy atom. The molecule has 0 saturated carbocycles. The summed E-state index contributed by atoms with van der Waals surface area (Å²) in [6, 6.07) is 16.7. The van der Waals surface area contributed by atoms with Crippen molar-refractivity contribution >= 4 is 15.9 Å². The highest BCUT2D eigenvalue weighted by Gasteiger charge is 2.24. The first-order valence-electron chi connectivity index (χ1n) is 10.3. The van der Waals surface area contributed by atoms with Gasteiger partial charge in [-0.15, -0.1) is 4.83 Å². The van der Waals surface area contributed by atoms with Crippen LogP contribution in [0.1, 0.15) is 15.9 Å². The minimum absolute atomic E-state index is 0.115. The van der Waals surface area contributed by atoms with Gasteiger partial charge in [0.2, 0.25) is 0 Å². The van der Waals surface area contributed by atoms with E-state index in [4.69, 9.17) is 4.74 Å². The van der Waals surface area contributed by atoms with E-state index in [1.54, 1.807) is 23.9 Å². The second-order valence-electron chi connectivity index (χ2n) is 7.44. The Kier molecular flexibility index (Phi) is 6.90. The molecule has 0 aliphatic heterocycles. The number of nitrogens with zero attached hydrogens (tertiary/aromatic N) is 2. The Morgan fingerprint density at radius 2 is 1.74 bits per heavy atom. The molecule has 3 aromatic carbocycles. The van der Waals surface area contributed by atoms with E-state index in [1.165, 1.54) is 30.6 Å². The summed E-state index contributed by atoms with van der Waals surface area (Å²) < 4.78 is 61.0. The number of nitrogens with one attached hydrogen (secondary N) is 2. The number of halogens is 2. The Hall–Kier alpha value is -4.09. The molecule has 8 nitrogen and oxygen atoms in total. The molecule has 180 valence electrons. The summed E-state index contributed by atoms with van der Waals surface area (Å²) >= 11 is 0. The van der Waals surface area contributed by atoms with Crippen molar-refractivity contribution in [2.45, 2.75) is 11.4 Å². The molecular formula is C24H20F2N4O4S. The molecule has 0 bridgehead atoms. The van der Waals surface area contributed by atoms with E-state index in [-0.39, 0.29) is 16.2 Å². The van der Waals surface area contributed by atoms with Gasteiger partial charge in [-0.3, -0.25) is 10.2 Å². The Labute approximate surface area is 200 Å². The molecular weight excluding hydrogens is 478 g/mol. The summed E-state index contributed by atoms with van der Waals surface area (Å²) in [6.45, 7) is 0.439. The minimum Gasteiger partial charge on any atom is -0.497 e. The number of amides is 1. The Bertz CT molecular complexity index is 1460. The number of hydrogen-bond acceptors (Lipinski definition) is 5. The number of carbonyl (C=O) groups excluding carboxylic acids is 1. The summed E-state index contributed by atoms with van der Waals surface area (Å²) in [4.78, 5) is 18.4. The quantitative estimate of drug-likeness (QED) is 0.362. The predicted molar refractivity (Wildman–Crippen MR) is 124 cm³/mol. The molecule has 2 N–H and O–H groups in total. The van der Waals surface area contributed by atoms with Crippen LogP contribution >= 0.6 is 0 Å². The summed E-state index contributed by atoms with van der Waals surface area (Å²) in [6.07, 6.45) is 3.04. The standard InChI is InChI=1S/C24H20F2N4O4S/c1-34-17-9-7-16(8-10-17)13-30-14-21(27-15-30)19-11-12-20(25)22(23(19)26)24(31)28-29-35(32,33)18-5-3-2-4-6-18/h2-12,14-15,29H,13H2,1H3,(H,28,31). The average molecular weight is 499 g/mol. The third kappa shape index (κ3) is 5.36. The number of hydrogen-bond donors (Lipinski definition) is 2. The summed E-state index contributed by atoms with van der Waals surface area (Å²) in [5.74, 6) is -2.90. The molecule has 1 aromatic heterocycles. The normalized spacial score (nSPS) is 11.3. The maximum absolute atomic E-state index is 15.2. The van der Waals surface area contributed by atoms with E-state index < -0.39 is 33.1 Å². The number of benzene rings is 3. The van der Waals surface area contributed by atoms with Crippen LogP contribution in [0, 0.1) is 11.6 Å². The molecule has 1 heterocycles. The van der Waals surface area contributed by atoms with Crippen molar-refractivity contribution in [1.29, 1.82) is 0 Å². The smallest absolute Gasteiger partial charge is 0.272 e. The summed E-state index contributed by atoms with van der Waals surface area (Å²) in [5, 5.41) is 0.